The van der Waals surface area contributed by atoms with Crippen LogP contribution in [0.5, 0.6) is 5.75 Å². The van der Waals surface area contributed by atoms with E-state index in [1.165, 1.54) is 0 Å². The number of rotatable bonds is 8. The summed E-state index contributed by atoms with van der Waals surface area (Å²) in [5, 5.41) is 15.9. The van der Waals surface area contributed by atoms with Gasteiger partial charge in [0.25, 0.3) is 0 Å². The van der Waals surface area contributed by atoms with Crippen LogP contribution in [0.1, 0.15) is 18.9 Å². The quantitative estimate of drug-likeness (QED) is 0.383. The molecule has 1 rings (SSSR count). The van der Waals surface area contributed by atoms with Crippen molar-refractivity contribution in [3.8, 4) is 5.75 Å². The predicted octanol–water partition coefficient (Wildman–Crippen LogP) is 1.53. The number of benzene rings is 1. The van der Waals surface area contributed by atoms with E-state index in [1.807, 2.05) is 19.1 Å². The van der Waals surface area contributed by atoms with Crippen molar-refractivity contribution in [3.05, 3.63) is 29.8 Å². The van der Waals surface area contributed by atoms with Crippen LogP contribution in [-0.4, -0.2) is 44.4 Å². The highest BCUT2D eigenvalue weighted by Gasteiger charge is 1.98. The Morgan fingerprint density at radius 2 is 2.20 bits per heavy atom. The SMILES string of the molecule is CCNC(=NCCCOC)NCCc1cccc(O)c1. The maximum Gasteiger partial charge on any atom is 0.191 e. The summed E-state index contributed by atoms with van der Waals surface area (Å²) in [6.07, 6.45) is 1.76. The Labute approximate surface area is 121 Å². The largest absolute Gasteiger partial charge is 0.508 e. The lowest BCUT2D eigenvalue weighted by atomic mass is 10.1. The molecule has 1 aromatic carbocycles. The van der Waals surface area contributed by atoms with Crippen LogP contribution in [0.2, 0.25) is 0 Å². The summed E-state index contributed by atoms with van der Waals surface area (Å²) in [7, 11) is 1.70. The molecule has 5 heteroatoms. The fourth-order valence-electron chi connectivity index (χ4n) is 1.78. The van der Waals surface area contributed by atoms with Gasteiger partial charge in [-0.15, -0.1) is 0 Å². The van der Waals surface area contributed by atoms with Gasteiger partial charge < -0.3 is 20.5 Å². The third-order valence-corrected chi connectivity index (χ3v) is 2.74. The fraction of sp³-hybridized carbons (Fsp3) is 0.533. The number of methoxy groups -OCH3 is 1. The standard InChI is InChI=1S/C15H25N3O2/c1-3-16-15(17-9-5-11-20-2)18-10-8-13-6-4-7-14(19)12-13/h4,6-7,12,19H,3,5,8-11H2,1-2H3,(H2,16,17,18). The summed E-state index contributed by atoms with van der Waals surface area (Å²) in [4.78, 5) is 4.46. The summed E-state index contributed by atoms with van der Waals surface area (Å²) in [5.41, 5.74) is 1.10. The average Bonchev–Trinajstić information content (AvgIpc) is 2.43. The average molecular weight is 279 g/mol. The zero-order chi connectivity index (χ0) is 14.6. The number of aliphatic imine (C=N–C) groups is 1. The lowest BCUT2D eigenvalue weighted by Gasteiger charge is -2.11. The van der Waals surface area contributed by atoms with Gasteiger partial charge in [-0.2, -0.15) is 0 Å². The highest BCUT2D eigenvalue weighted by Crippen LogP contribution is 2.10. The van der Waals surface area contributed by atoms with E-state index in [1.54, 1.807) is 19.2 Å². The second kappa shape index (κ2) is 10.1. The zero-order valence-electron chi connectivity index (χ0n) is 12.4. The molecule has 5 nitrogen and oxygen atoms in total. The third kappa shape index (κ3) is 6.99. The number of aromatic hydroxyl groups is 1. The predicted molar refractivity (Wildman–Crippen MR) is 82.3 cm³/mol. The van der Waals surface area contributed by atoms with Crippen molar-refractivity contribution in [3.63, 3.8) is 0 Å². The van der Waals surface area contributed by atoms with E-state index in [4.69, 9.17) is 4.74 Å². The van der Waals surface area contributed by atoms with Gasteiger partial charge in [-0.1, -0.05) is 12.1 Å². The molecule has 20 heavy (non-hydrogen) atoms. The van der Waals surface area contributed by atoms with Crippen molar-refractivity contribution in [2.75, 3.05) is 33.4 Å². The first-order valence-corrected chi connectivity index (χ1v) is 7.05. The van der Waals surface area contributed by atoms with Gasteiger partial charge in [0.2, 0.25) is 0 Å². The Morgan fingerprint density at radius 1 is 1.35 bits per heavy atom. The van der Waals surface area contributed by atoms with Crippen LogP contribution >= 0.6 is 0 Å². The smallest absolute Gasteiger partial charge is 0.191 e. The molecular weight excluding hydrogens is 254 g/mol. The van der Waals surface area contributed by atoms with Crippen LogP contribution in [0, 0.1) is 0 Å². The molecule has 0 saturated carbocycles. The molecule has 0 radical (unpaired) electrons. The first-order valence-electron chi connectivity index (χ1n) is 7.05. The molecule has 0 saturated heterocycles. The molecule has 0 aliphatic heterocycles. The molecular formula is C15H25N3O2. The van der Waals surface area contributed by atoms with Crippen molar-refractivity contribution < 1.29 is 9.84 Å². The minimum absolute atomic E-state index is 0.308. The monoisotopic (exact) mass is 279 g/mol. The maximum atomic E-state index is 9.40. The van der Waals surface area contributed by atoms with Crippen LogP contribution in [-0.2, 0) is 11.2 Å². The van der Waals surface area contributed by atoms with E-state index in [0.717, 1.165) is 50.6 Å². The third-order valence-electron chi connectivity index (χ3n) is 2.74. The van der Waals surface area contributed by atoms with E-state index in [9.17, 15) is 5.11 Å². The lowest BCUT2D eigenvalue weighted by molar-refractivity contribution is 0.197. The molecule has 0 bridgehead atoms. The van der Waals surface area contributed by atoms with Gasteiger partial charge in [0.05, 0.1) is 0 Å². The molecule has 0 atom stereocenters. The summed E-state index contributed by atoms with van der Waals surface area (Å²) < 4.78 is 5.00. The van der Waals surface area contributed by atoms with Crippen molar-refractivity contribution in [2.45, 2.75) is 19.8 Å². The Morgan fingerprint density at radius 3 is 2.90 bits per heavy atom. The van der Waals surface area contributed by atoms with Gasteiger partial charge in [-0.25, -0.2) is 0 Å². The summed E-state index contributed by atoms with van der Waals surface area (Å²) >= 11 is 0. The van der Waals surface area contributed by atoms with E-state index < -0.39 is 0 Å². The van der Waals surface area contributed by atoms with Crippen LogP contribution in [0.4, 0.5) is 0 Å². The Kier molecular flexibility index (Phi) is 8.22. The van der Waals surface area contributed by atoms with Crippen molar-refractivity contribution in [1.82, 2.24) is 10.6 Å². The van der Waals surface area contributed by atoms with Crippen molar-refractivity contribution in [2.24, 2.45) is 4.99 Å². The second-order valence-corrected chi connectivity index (χ2v) is 4.45. The lowest BCUT2D eigenvalue weighted by Crippen LogP contribution is -2.38. The van der Waals surface area contributed by atoms with Crippen molar-refractivity contribution >= 4 is 5.96 Å². The summed E-state index contributed by atoms with van der Waals surface area (Å²) in [6, 6.07) is 7.32. The first-order chi connectivity index (χ1) is 9.76. The number of nitrogens with one attached hydrogen (secondary N) is 2. The molecule has 3 N–H and O–H groups in total. The number of hydrogen-bond acceptors (Lipinski definition) is 3. The fourth-order valence-corrected chi connectivity index (χ4v) is 1.78. The number of nitrogens with zero attached hydrogens (tertiary/aromatic N) is 1. The molecule has 0 unspecified atom stereocenters. The number of phenols is 1. The Balaban J connectivity index is 2.34. The van der Waals surface area contributed by atoms with Gasteiger partial charge in [0.1, 0.15) is 5.75 Å². The Hall–Kier alpha value is -1.75. The molecule has 0 aliphatic carbocycles. The minimum Gasteiger partial charge on any atom is -0.508 e. The normalized spacial score (nSPS) is 11.4. The Bertz CT molecular complexity index is 408. The van der Waals surface area contributed by atoms with E-state index in [-0.39, 0.29) is 0 Å². The van der Waals surface area contributed by atoms with Gasteiger partial charge in [0.15, 0.2) is 5.96 Å². The van der Waals surface area contributed by atoms with Crippen LogP contribution < -0.4 is 10.6 Å². The molecule has 0 heterocycles. The minimum atomic E-state index is 0.308. The summed E-state index contributed by atoms with van der Waals surface area (Å²) in [6.45, 7) is 5.13. The van der Waals surface area contributed by atoms with Gasteiger partial charge >= 0.3 is 0 Å². The molecule has 0 aromatic heterocycles. The highest BCUT2D eigenvalue weighted by molar-refractivity contribution is 5.79. The molecule has 0 spiro atoms. The summed E-state index contributed by atoms with van der Waals surface area (Å²) in [5.74, 6) is 1.13. The zero-order valence-corrected chi connectivity index (χ0v) is 12.4. The van der Waals surface area contributed by atoms with Crippen LogP contribution in [0.15, 0.2) is 29.3 Å². The maximum absolute atomic E-state index is 9.40. The van der Waals surface area contributed by atoms with E-state index >= 15 is 0 Å². The number of ether oxygens (including phenoxy) is 1. The number of phenolic OH excluding ortho intramolecular Hbond substituents is 1. The van der Waals surface area contributed by atoms with E-state index in [2.05, 4.69) is 15.6 Å². The first kappa shape index (κ1) is 16.3. The van der Waals surface area contributed by atoms with Crippen LogP contribution in [0.3, 0.4) is 0 Å². The molecule has 0 amide bonds. The van der Waals surface area contributed by atoms with Gasteiger partial charge in [-0.3, -0.25) is 4.99 Å². The van der Waals surface area contributed by atoms with Gasteiger partial charge in [0, 0.05) is 33.4 Å². The van der Waals surface area contributed by atoms with Gasteiger partial charge in [-0.05, 0) is 37.5 Å². The van der Waals surface area contributed by atoms with Crippen molar-refractivity contribution in [1.29, 1.82) is 0 Å². The van der Waals surface area contributed by atoms with E-state index in [0.29, 0.717) is 5.75 Å². The second-order valence-electron chi connectivity index (χ2n) is 4.45. The molecule has 0 aliphatic rings. The molecule has 1 aromatic rings. The number of hydrogen-bond donors (Lipinski definition) is 3. The number of guanidine groups is 1. The molecule has 0 fully saturated rings. The topological polar surface area (TPSA) is 65.9 Å². The van der Waals surface area contributed by atoms with Crippen LogP contribution in [0.25, 0.3) is 0 Å². The molecule has 112 valence electrons. The highest BCUT2D eigenvalue weighted by atomic mass is 16.5.